The van der Waals surface area contributed by atoms with E-state index in [1.54, 1.807) is 24.3 Å². The standard InChI is InChI=1S/C24H20Cl2N4O2S/c25-18-11-12-21(20(26)13-18)30-22(14-27-23(31)15-32-19-9-5-2-6-10-19)28-29-24(30)33-16-17-7-3-1-4-8-17/h1-13H,14-16H2,(H,27,31). The molecule has 0 radical (unpaired) electrons. The number of halogens is 2. The Balaban J connectivity index is 1.50. The average molecular weight is 499 g/mol. The summed E-state index contributed by atoms with van der Waals surface area (Å²) in [6, 6.07) is 24.5. The van der Waals surface area contributed by atoms with Gasteiger partial charge in [0.15, 0.2) is 17.6 Å². The molecule has 0 bridgehead atoms. The van der Waals surface area contributed by atoms with Gasteiger partial charge in [-0.1, -0.05) is 83.5 Å². The minimum absolute atomic E-state index is 0.102. The van der Waals surface area contributed by atoms with Gasteiger partial charge in [-0.2, -0.15) is 0 Å². The van der Waals surface area contributed by atoms with Gasteiger partial charge >= 0.3 is 0 Å². The molecule has 0 saturated heterocycles. The van der Waals surface area contributed by atoms with Gasteiger partial charge < -0.3 is 10.1 Å². The zero-order chi connectivity index (χ0) is 23.0. The second-order valence-corrected chi connectivity index (χ2v) is 8.77. The molecular formula is C24H20Cl2N4O2S. The van der Waals surface area contributed by atoms with Crippen LogP contribution in [0.4, 0.5) is 0 Å². The maximum absolute atomic E-state index is 12.3. The van der Waals surface area contributed by atoms with Crippen LogP contribution in [0.3, 0.4) is 0 Å². The van der Waals surface area contributed by atoms with Crippen LogP contribution in [0, 0.1) is 0 Å². The van der Waals surface area contributed by atoms with Crippen LogP contribution in [0.1, 0.15) is 11.4 Å². The quantitative estimate of drug-likeness (QED) is 0.306. The van der Waals surface area contributed by atoms with E-state index in [1.807, 2.05) is 47.0 Å². The summed E-state index contributed by atoms with van der Waals surface area (Å²) in [5, 5.41) is 13.1. The Kier molecular flexibility index (Phi) is 7.88. The molecule has 1 N–H and O–H groups in total. The van der Waals surface area contributed by atoms with E-state index in [0.717, 1.165) is 5.56 Å². The Morgan fingerprint density at radius 2 is 1.70 bits per heavy atom. The monoisotopic (exact) mass is 498 g/mol. The number of thioether (sulfide) groups is 1. The number of hydrogen-bond acceptors (Lipinski definition) is 5. The molecule has 1 amide bonds. The molecule has 168 valence electrons. The Bertz CT molecular complexity index is 1220. The highest BCUT2D eigenvalue weighted by Gasteiger charge is 2.18. The third-order valence-corrected chi connectivity index (χ3v) is 6.16. The number of para-hydroxylation sites is 1. The van der Waals surface area contributed by atoms with Crippen molar-refractivity contribution in [3.63, 3.8) is 0 Å². The topological polar surface area (TPSA) is 69.0 Å². The number of rotatable bonds is 9. The van der Waals surface area contributed by atoms with E-state index in [9.17, 15) is 4.79 Å². The second-order valence-electron chi connectivity index (χ2n) is 6.98. The molecule has 9 heteroatoms. The maximum Gasteiger partial charge on any atom is 0.258 e. The molecule has 0 aliphatic heterocycles. The molecule has 4 aromatic rings. The largest absolute Gasteiger partial charge is 0.484 e. The highest BCUT2D eigenvalue weighted by molar-refractivity contribution is 7.98. The number of amides is 1. The molecule has 1 heterocycles. The summed E-state index contributed by atoms with van der Waals surface area (Å²) in [5.74, 6) is 1.61. The number of aromatic nitrogens is 3. The molecule has 0 aliphatic carbocycles. The third-order valence-electron chi connectivity index (χ3n) is 4.62. The maximum atomic E-state index is 12.3. The van der Waals surface area contributed by atoms with Gasteiger partial charge in [0.25, 0.3) is 5.91 Å². The van der Waals surface area contributed by atoms with Crippen LogP contribution in [-0.4, -0.2) is 27.3 Å². The first-order valence-corrected chi connectivity index (χ1v) is 11.9. The normalized spacial score (nSPS) is 10.7. The predicted octanol–water partition coefficient (Wildman–Crippen LogP) is 5.56. The zero-order valence-corrected chi connectivity index (χ0v) is 19.8. The highest BCUT2D eigenvalue weighted by atomic mass is 35.5. The minimum atomic E-state index is -0.269. The minimum Gasteiger partial charge on any atom is -0.484 e. The van der Waals surface area contributed by atoms with Crippen LogP contribution in [-0.2, 0) is 17.1 Å². The number of nitrogens with zero attached hydrogens (tertiary/aromatic N) is 3. The predicted molar refractivity (Wildman–Crippen MR) is 131 cm³/mol. The van der Waals surface area contributed by atoms with E-state index in [-0.39, 0.29) is 19.1 Å². The molecule has 0 fully saturated rings. The van der Waals surface area contributed by atoms with Crippen LogP contribution in [0.15, 0.2) is 84.0 Å². The van der Waals surface area contributed by atoms with Crippen molar-refractivity contribution >= 4 is 40.9 Å². The Morgan fingerprint density at radius 1 is 0.970 bits per heavy atom. The van der Waals surface area contributed by atoms with Crippen molar-refractivity contribution in [3.05, 3.63) is 100 Å². The fourth-order valence-electron chi connectivity index (χ4n) is 3.03. The molecule has 4 rings (SSSR count). The Hall–Kier alpha value is -3.00. The van der Waals surface area contributed by atoms with Gasteiger partial charge in [0.1, 0.15) is 5.75 Å². The molecule has 0 saturated carbocycles. The summed E-state index contributed by atoms with van der Waals surface area (Å²) in [4.78, 5) is 12.3. The van der Waals surface area contributed by atoms with Crippen LogP contribution < -0.4 is 10.1 Å². The highest BCUT2D eigenvalue weighted by Crippen LogP contribution is 2.30. The smallest absolute Gasteiger partial charge is 0.258 e. The van der Waals surface area contributed by atoms with E-state index in [0.29, 0.717) is 38.2 Å². The molecule has 0 aliphatic rings. The van der Waals surface area contributed by atoms with Crippen molar-refractivity contribution in [1.29, 1.82) is 0 Å². The lowest BCUT2D eigenvalue weighted by atomic mass is 10.2. The number of benzene rings is 3. The lowest BCUT2D eigenvalue weighted by Gasteiger charge is -2.13. The second kappa shape index (κ2) is 11.2. The number of carbonyl (C=O) groups is 1. The zero-order valence-electron chi connectivity index (χ0n) is 17.4. The van der Waals surface area contributed by atoms with Gasteiger partial charge in [-0.25, -0.2) is 0 Å². The first-order chi connectivity index (χ1) is 16.1. The van der Waals surface area contributed by atoms with Crippen molar-refractivity contribution in [3.8, 4) is 11.4 Å². The van der Waals surface area contributed by atoms with Gasteiger partial charge in [0.2, 0.25) is 0 Å². The summed E-state index contributed by atoms with van der Waals surface area (Å²) < 4.78 is 7.34. The van der Waals surface area contributed by atoms with Gasteiger partial charge in [0.05, 0.1) is 17.3 Å². The fourth-order valence-corrected chi connectivity index (χ4v) is 4.44. The molecule has 33 heavy (non-hydrogen) atoms. The number of nitrogens with one attached hydrogen (secondary N) is 1. The molecule has 6 nitrogen and oxygen atoms in total. The summed E-state index contributed by atoms with van der Waals surface area (Å²) in [6.07, 6.45) is 0. The van der Waals surface area contributed by atoms with Crippen molar-refractivity contribution in [1.82, 2.24) is 20.1 Å². The van der Waals surface area contributed by atoms with Gasteiger partial charge in [-0.05, 0) is 35.9 Å². The SMILES string of the molecule is O=C(COc1ccccc1)NCc1nnc(SCc2ccccc2)n1-c1ccc(Cl)cc1Cl. The summed E-state index contributed by atoms with van der Waals surface area (Å²) in [5.41, 5.74) is 1.85. The van der Waals surface area contributed by atoms with Crippen LogP contribution in [0.5, 0.6) is 5.75 Å². The Morgan fingerprint density at radius 3 is 2.42 bits per heavy atom. The van der Waals surface area contributed by atoms with E-state index < -0.39 is 0 Å². The molecule has 0 unspecified atom stereocenters. The van der Waals surface area contributed by atoms with Crippen molar-refractivity contribution in [2.75, 3.05) is 6.61 Å². The Labute approximate surface area is 205 Å². The fraction of sp³-hybridized carbons (Fsp3) is 0.125. The van der Waals surface area contributed by atoms with Crippen molar-refractivity contribution in [2.45, 2.75) is 17.5 Å². The lowest BCUT2D eigenvalue weighted by Crippen LogP contribution is -2.29. The van der Waals surface area contributed by atoms with Gasteiger partial charge in [-0.3, -0.25) is 9.36 Å². The molecular weight excluding hydrogens is 479 g/mol. The number of hydrogen-bond donors (Lipinski definition) is 1. The van der Waals surface area contributed by atoms with Crippen LogP contribution in [0.25, 0.3) is 5.69 Å². The van der Waals surface area contributed by atoms with Crippen molar-refractivity contribution < 1.29 is 9.53 Å². The molecule has 3 aromatic carbocycles. The van der Waals surface area contributed by atoms with E-state index in [2.05, 4.69) is 27.6 Å². The third kappa shape index (κ3) is 6.28. The first-order valence-electron chi connectivity index (χ1n) is 10.1. The summed E-state index contributed by atoms with van der Waals surface area (Å²) in [6.45, 7) is 0.0598. The van der Waals surface area contributed by atoms with E-state index in [1.165, 1.54) is 11.8 Å². The first kappa shape index (κ1) is 23.2. The van der Waals surface area contributed by atoms with Gasteiger partial charge in [-0.15, -0.1) is 10.2 Å². The lowest BCUT2D eigenvalue weighted by molar-refractivity contribution is -0.123. The summed E-state index contributed by atoms with van der Waals surface area (Å²) >= 11 is 14.1. The molecule has 0 spiro atoms. The number of ether oxygens (including phenoxy) is 1. The molecule has 0 atom stereocenters. The average Bonchev–Trinajstić information content (AvgIpc) is 3.24. The van der Waals surface area contributed by atoms with E-state index >= 15 is 0 Å². The van der Waals surface area contributed by atoms with Gasteiger partial charge in [0, 0.05) is 10.8 Å². The van der Waals surface area contributed by atoms with Crippen LogP contribution >= 0.6 is 35.0 Å². The molecule has 1 aromatic heterocycles. The number of carbonyl (C=O) groups excluding carboxylic acids is 1. The van der Waals surface area contributed by atoms with E-state index in [4.69, 9.17) is 27.9 Å². The van der Waals surface area contributed by atoms with Crippen molar-refractivity contribution in [2.24, 2.45) is 0 Å². The summed E-state index contributed by atoms with van der Waals surface area (Å²) in [7, 11) is 0. The van der Waals surface area contributed by atoms with Crippen LogP contribution in [0.2, 0.25) is 10.0 Å².